The van der Waals surface area contributed by atoms with Gasteiger partial charge in [-0.1, -0.05) is 16.8 Å². The van der Waals surface area contributed by atoms with Crippen molar-refractivity contribution < 1.29 is 18.1 Å². The van der Waals surface area contributed by atoms with Crippen LogP contribution in [0.15, 0.2) is 45.5 Å². The van der Waals surface area contributed by atoms with Crippen LogP contribution < -0.4 is 0 Å². The first-order valence-corrected chi connectivity index (χ1v) is 9.34. The molecular weight excluding hydrogens is 397 g/mol. The summed E-state index contributed by atoms with van der Waals surface area (Å²) in [7, 11) is 1.61. The number of ether oxygens (including phenoxy) is 1. The molecule has 8 nitrogen and oxygen atoms in total. The lowest BCUT2D eigenvalue weighted by atomic mass is 10.1. The number of nitrogens with zero attached hydrogens (tertiary/aromatic N) is 5. The molecule has 3 aromatic heterocycles. The van der Waals surface area contributed by atoms with Crippen molar-refractivity contribution in [3.63, 3.8) is 0 Å². The summed E-state index contributed by atoms with van der Waals surface area (Å²) >= 11 is 4.61. The van der Waals surface area contributed by atoms with Gasteiger partial charge in [-0.2, -0.15) is 17.6 Å². The molecule has 0 radical (unpaired) electrons. The molecule has 0 aliphatic rings. The lowest BCUT2D eigenvalue weighted by molar-refractivity contribution is 0.186. The summed E-state index contributed by atoms with van der Waals surface area (Å²) in [6, 6.07) is 8.24. The molecule has 1 aromatic carbocycles. The number of hydrogen-bond donors (Lipinski definition) is 1. The fraction of sp³-hybridized carbons (Fsp3) is 0.263. The zero-order valence-electron chi connectivity index (χ0n) is 15.7. The maximum atomic E-state index is 14.2. The summed E-state index contributed by atoms with van der Waals surface area (Å²) in [6.45, 7) is 2.77. The number of rotatable bonds is 7. The lowest BCUT2D eigenvalue weighted by Gasteiger charge is -2.11. The monoisotopic (exact) mass is 415 g/mol. The van der Waals surface area contributed by atoms with Crippen LogP contribution in [0.1, 0.15) is 22.5 Å². The van der Waals surface area contributed by atoms with Gasteiger partial charge in [0.25, 0.3) is 5.89 Å². The summed E-state index contributed by atoms with van der Waals surface area (Å²) in [4.78, 5) is 4.32. The average Bonchev–Trinajstić information content (AvgIpc) is 3.47. The second-order valence-electron chi connectivity index (χ2n) is 6.35. The number of thiol groups is 1. The molecule has 0 aliphatic carbocycles. The summed E-state index contributed by atoms with van der Waals surface area (Å²) in [6.07, 6.45) is 1.56. The summed E-state index contributed by atoms with van der Waals surface area (Å²) in [5, 5.41) is 11.8. The summed E-state index contributed by atoms with van der Waals surface area (Å²) < 4.78 is 31.9. The molecule has 0 spiro atoms. The molecule has 3 heterocycles. The molecule has 0 bridgehead atoms. The molecule has 1 atom stereocenters. The fourth-order valence-corrected chi connectivity index (χ4v) is 3.18. The Balaban J connectivity index is 1.69. The minimum atomic E-state index is -0.645. The highest BCUT2D eigenvalue weighted by Crippen LogP contribution is 2.30. The van der Waals surface area contributed by atoms with Gasteiger partial charge in [0.05, 0.1) is 18.4 Å². The van der Waals surface area contributed by atoms with Crippen molar-refractivity contribution in [2.45, 2.75) is 18.7 Å². The largest absolute Gasteiger partial charge is 0.461 e. The van der Waals surface area contributed by atoms with Crippen LogP contribution in [0.25, 0.3) is 23.0 Å². The van der Waals surface area contributed by atoms with Crippen LogP contribution in [0.5, 0.6) is 0 Å². The fourth-order valence-electron chi connectivity index (χ4n) is 2.88. The zero-order chi connectivity index (χ0) is 20.4. The normalized spacial score (nSPS) is 12.4. The molecular formula is C19H18FN5O3S. The Kier molecular flexibility index (Phi) is 5.45. The van der Waals surface area contributed by atoms with Crippen molar-refractivity contribution in [2.75, 3.05) is 13.7 Å². The molecule has 10 heteroatoms. The minimum Gasteiger partial charge on any atom is -0.461 e. The Bertz CT molecular complexity index is 1110. The third-order valence-corrected chi connectivity index (χ3v) is 4.79. The van der Waals surface area contributed by atoms with Crippen molar-refractivity contribution in [1.29, 1.82) is 0 Å². The summed E-state index contributed by atoms with van der Waals surface area (Å²) in [5.41, 5.74) is 1.12. The molecule has 0 saturated heterocycles. The Labute approximate surface area is 171 Å². The van der Waals surface area contributed by atoms with E-state index in [2.05, 4.69) is 33.0 Å². The van der Waals surface area contributed by atoms with Gasteiger partial charge in [-0.3, -0.25) is 0 Å². The molecule has 0 N–H and O–H groups in total. The predicted molar refractivity (Wildman–Crippen MR) is 105 cm³/mol. The molecule has 29 heavy (non-hydrogen) atoms. The van der Waals surface area contributed by atoms with Crippen molar-refractivity contribution >= 4 is 12.6 Å². The van der Waals surface area contributed by atoms with E-state index in [0.29, 0.717) is 30.6 Å². The second-order valence-corrected chi connectivity index (χ2v) is 6.86. The van der Waals surface area contributed by atoms with Gasteiger partial charge in [0.2, 0.25) is 0 Å². The number of benzene rings is 1. The van der Waals surface area contributed by atoms with E-state index in [4.69, 9.17) is 13.7 Å². The van der Waals surface area contributed by atoms with Gasteiger partial charge in [-0.05, 0) is 31.2 Å². The van der Waals surface area contributed by atoms with Crippen LogP contribution >= 0.6 is 12.6 Å². The van der Waals surface area contributed by atoms with Crippen LogP contribution in [0, 0.1) is 12.7 Å². The van der Waals surface area contributed by atoms with Crippen LogP contribution in [-0.2, 0) is 11.3 Å². The van der Waals surface area contributed by atoms with E-state index >= 15 is 0 Å². The van der Waals surface area contributed by atoms with Crippen molar-refractivity contribution in [2.24, 2.45) is 0 Å². The maximum Gasteiger partial charge on any atom is 0.260 e. The smallest absolute Gasteiger partial charge is 0.260 e. The van der Waals surface area contributed by atoms with E-state index in [1.807, 2.05) is 11.5 Å². The Morgan fingerprint density at radius 1 is 1.28 bits per heavy atom. The third-order valence-electron chi connectivity index (χ3n) is 4.32. The van der Waals surface area contributed by atoms with Gasteiger partial charge >= 0.3 is 0 Å². The van der Waals surface area contributed by atoms with Gasteiger partial charge < -0.3 is 18.2 Å². The van der Waals surface area contributed by atoms with E-state index in [1.165, 1.54) is 6.07 Å². The second kappa shape index (κ2) is 8.18. The van der Waals surface area contributed by atoms with Crippen LogP contribution in [0.3, 0.4) is 0 Å². The van der Waals surface area contributed by atoms with Crippen LogP contribution in [-0.4, -0.2) is 38.6 Å². The van der Waals surface area contributed by atoms with Crippen LogP contribution in [0.2, 0.25) is 0 Å². The zero-order valence-corrected chi connectivity index (χ0v) is 16.6. The van der Waals surface area contributed by atoms with Crippen molar-refractivity contribution in [3.05, 3.63) is 59.6 Å². The Morgan fingerprint density at radius 2 is 2.14 bits per heavy atom. The van der Waals surface area contributed by atoms with E-state index in [-0.39, 0.29) is 17.3 Å². The first kappa shape index (κ1) is 19.3. The molecule has 0 amide bonds. The molecule has 150 valence electrons. The van der Waals surface area contributed by atoms with Gasteiger partial charge in [-0.25, -0.2) is 4.39 Å². The molecule has 0 aliphatic heterocycles. The number of aryl methyl sites for hydroxylation is 1. The van der Waals surface area contributed by atoms with Gasteiger partial charge in [-0.15, -0.1) is 10.2 Å². The Morgan fingerprint density at radius 3 is 2.90 bits per heavy atom. The topological polar surface area (TPSA) is 92.0 Å². The number of hydrogen-bond acceptors (Lipinski definition) is 8. The average molecular weight is 415 g/mol. The van der Waals surface area contributed by atoms with E-state index < -0.39 is 11.1 Å². The number of aromatic nitrogens is 5. The standard InChI is InChI=1S/C19H18FN5O3S/c1-11-5-6-13(20)12(10-11)19-21-16(24-28-19)15(29)18-23-22-17(14-4-3-8-27-14)25(18)7-9-26-2/h3-6,8,10,15,29H,7,9H2,1-2H3. The Hall–Kier alpha value is -2.98. The first-order chi connectivity index (χ1) is 14.1. The van der Waals surface area contributed by atoms with E-state index in [1.54, 1.807) is 37.6 Å². The molecule has 0 saturated carbocycles. The van der Waals surface area contributed by atoms with Crippen molar-refractivity contribution in [3.8, 4) is 23.0 Å². The maximum absolute atomic E-state index is 14.2. The SMILES string of the molecule is COCCn1c(-c2ccco2)nnc1C(S)c1noc(-c2cc(C)ccc2F)n1. The molecule has 1 unspecified atom stereocenters. The van der Waals surface area contributed by atoms with Gasteiger partial charge in [0.1, 0.15) is 11.1 Å². The van der Waals surface area contributed by atoms with E-state index in [9.17, 15) is 4.39 Å². The van der Waals surface area contributed by atoms with Gasteiger partial charge in [0.15, 0.2) is 23.2 Å². The molecule has 0 fully saturated rings. The van der Waals surface area contributed by atoms with Crippen LogP contribution in [0.4, 0.5) is 4.39 Å². The lowest BCUT2D eigenvalue weighted by Crippen LogP contribution is -2.12. The first-order valence-electron chi connectivity index (χ1n) is 8.82. The molecule has 4 rings (SSSR count). The predicted octanol–water partition coefficient (Wildman–Crippen LogP) is 3.70. The number of halogens is 1. The molecule has 4 aromatic rings. The number of furan rings is 1. The minimum absolute atomic E-state index is 0.0782. The van der Waals surface area contributed by atoms with Gasteiger partial charge in [0, 0.05) is 13.7 Å². The number of methoxy groups -OCH3 is 1. The van der Waals surface area contributed by atoms with E-state index in [0.717, 1.165) is 5.56 Å². The highest BCUT2D eigenvalue weighted by atomic mass is 32.1. The quantitative estimate of drug-likeness (QED) is 0.460. The third kappa shape index (κ3) is 3.81. The highest BCUT2D eigenvalue weighted by Gasteiger charge is 2.26. The van der Waals surface area contributed by atoms with Crippen molar-refractivity contribution in [1.82, 2.24) is 24.9 Å². The summed E-state index contributed by atoms with van der Waals surface area (Å²) in [5.74, 6) is 1.49. The highest BCUT2D eigenvalue weighted by molar-refractivity contribution is 7.80.